The molecule has 1 aliphatic heterocycles. The number of carbonyl (C=O) groups excluding carboxylic acids is 1. The maximum absolute atomic E-state index is 9.80. The predicted octanol–water partition coefficient (Wildman–Crippen LogP) is 0.0407. The van der Waals surface area contributed by atoms with Crippen molar-refractivity contribution in [3.8, 4) is 0 Å². The second kappa shape index (κ2) is 1.47. The first-order chi connectivity index (χ1) is 2.93. The highest BCUT2D eigenvalue weighted by Crippen LogP contribution is 1.95. The maximum Gasteiger partial charge on any atom is 0.117 e. The fraction of sp³-hybridized carbons (Fsp3) is 0.500. The summed E-state index contributed by atoms with van der Waals surface area (Å²) in [6.45, 7) is 0. The van der Waals surface area contributed by atoms with Gasteiger partial charge in [-0.05, 0) is 12.5 Å². The Labute approximate surface area is 38.2 Å². The van der Waals surface area contributed by atoms with E-state index in [1.54, 1.807) is 0 Å². The number of carbonyl (C=O) groups is 1. The summed E-state index contributed by atoms with van der Waals surface area (Å²) in [6, 6.07) is 1.19. The van der Waals surface area contributed by atoms with Gasteiger partial charge in [-0.15, -0.1) is 0 Å². The number of hydrogen-bond donors (Lipinski definition) is 0. The topological polar surface area (TPSA) is 17.1 Å². The van der Waals surface area contributed by atoms with Gasteiger partial charge in [0.05, 0.1) is 8.41 Å². The normalized spacial score (nSPS) is 18.3. The summed E-state index contributed by atoms with van der Waals surface area (Å²) in [5, 5.41) is 0. The van der Waals surface area contributed by atoms with Crippen LogP contribution in [0.4, 0.5) is 0 Å². The largest absolute Gasteiger partial charge is 0.305 e. The van der Waals surface area contributed by atoms with Crippen molar-refractivity contribution in [3.05, 3.63) is 0 Å². The zero-order valence-corrected chi connectivity index (χ0v) is 4.48. The summed E-state index contributed by atoms with van der Waals surface area (Å²) in [6.07, 6.45) is 1.19. The van der Waals surface area contributed by atoms with Crippen molar-refractivity contribution < 1.29 is 4.79 Å². The van der Waals surface area contributed by atoms with Crippen molar-refractivity contribution in [3.63, 3.8) is 0 Å². The van der Waals surface area contributed by atoms with Crippen molar-refractivity contribution in [1.29, 1.82) is 0 Å². The SMILES string of the molecule is O=C[Si]1=CCC1. The minimum atomic E-state index is -0.493. The zero-order valence-electron chi connectivity index (χ0n) is 3.48. The van der Waals surface area contributed by atoms with Crippen molar-refractivity contribution in [1.82, 2.24) is 0 Å². The molecular formula is C4H6OSi. The molecule has 0 atom stereocenters. The Bertz CT molecular complexity index is 95.7. The van der Waals surface area contributed by atoms with E-state index < -0.39 is 8.41 Å². The van der Waals surface area contributed by atoms with Gasteiger partial charge in [0.25, 0.3) is 0 Å². The van der Waals surface area contributed by atoms with Crippen molar-refractivity contribution in [2.24, 2.45) is 0 Å². The van der Waals surface area contributed by atoms with Gasteiger partial charge in [0.2, 0.25) is 0 Å². The average molecular weight is 98.2 g/mol. The molecule has 0 aromatic heterocycles. The summed E-state index contributed by atoms with van der Waals surface area (Å²) in [5.74, 6) is 1.11. The summed E-state index contributed by atoms with van der Waals surface area (Å²) in [4.78, 5) is 9.80. The van der Waals surface area contributed by atoms with Gasteiger partial charge in [0.15, 0.2) is 0 Å². The number of rotatable bonds is 1. The highest BCUT2D eigenvalue weighted by atomic mass is 28.2. The van der Waals surface area contributed by atoms with E-state index in [9.17, 15) is 4.79 Å². The lowest BCUT2D eigenvalue weighted by atomic mass is 10.6. The first-order valence-corrected chi connectivity index (χ1v) is 3.94. The first-order valence-electron chi connectivity index (χ1n) is 2.07. The Kier molecular flexibility index (Phi) is 0.963. The summed E-state index contributed by atoms with van der Waals surface area (Å²) >= 11 is 0. The van der Waals surface area contributed by atoms with Crippen molar-refractivity contribution in [2.75, 3.05) is 0 Å². The Morgan fingerprint density at radius 3 is 2.50 bits per heavy atom. The van der Waals surface area contributed by atoms with Crippen LogP contribution in [0.5, 0.6) is 0 Å². The molecule has 0 unspecified atom stereocenters. The smallest absolute Gasteiger partial charge is 0.117 e. The summed E-state index contributed by atoms with van der Waals surface area (Å²) in [7, 11) is -0.493. The standard InChI is InChI=1S/C4H6OSi/c5-4-6-2-1-3-6/h2,4H,1,3H2. The molecule has 0 radical (unpaired) electrons. The molecule has 0 amide bonds. The van der Waals surface area contributed by atoms with Gasteiger partial charge >= 0.3 is 0 Å². The van der Waals surface area contributed by atoms with Crippen LogP contribution in [-0.4, -0.2) is 20.0 Å². The predicted molar refractivity (Wildman–Crippen MR) is 28.0 cm³/mol. The molecule has 0 bridgehead atoms. The van der Waals surface area contributed by atoms with Crippen LogP contribution in [0.2, 0.25) is 6.04 Å². The molecule has 32 valence electrons. The summed E-state index contributed by atoms with van der Waals surface area (Å²) in [5.41, 5.74) is 2.14. The van der Waals surface area contributed by atoms with Gasteiger partial charge in [-0.3, -0.25) is 0 Å². The molecule has 0 aromatic rings. The highest BCUT2D eigenvalue weighted by Gasteiger charge is 2.02. The fourth-order valence-corrected chi connectivity index (χ4v) is 1.25. The van der Waals surface area contributed by atoms with Gasteiger partial charge in [-0.2, -0.15) is 0 Å². The van der Waals surface area contributed by atoms with Crippen LogP contribution in [0.15, 0.2) is 0 Å². The van der Waals surface area contributed by atoms with E-state index in [4.69, 9.17) is 0 Å². The van der Waals surface area contributed by atoms with E-state index in [1.807, 2.05) is 0 Å². The van der Waals surface area contributed by atoms with Gasteiger partial charge in [-0.25, -0.2) is 0 Å². The third-order valence-electron chi connectivity index (χ3n) is 0.991. The molecule has 6 heavy (non-hydrogen) atoms. The van der Waals surface area contributed by atoms with E-state index in [0.717, 1.165) is 5.91 Å². The lowest BCUT2D eigenvalue weighted by molar-refractivity contribution is 0.568. The molecule has 1 aliphatic rings. The Balaban J connectivity index is 2.52. The van der Waals surface area contributed by atoms with E-state index in [1.165, 1.54) is 12.5 Å². The molecular weight excluding hydrogens is 92.1 g/mol. The van der Waals surface area contributed by atoms with Crippen LogP contribution in [0.25, 0.3) is 0 Å². The van der Waals surface area contributed by atoms with E-state index in [2.05, 4.69) is 5.67 Å². The minimum Gasteiger partial charge on any atom is -0.305 e. The lowest BCUT2D eigenvalue weighted by Gasteiger charge is -2.02. The van der Waals surface area contributed by atoms with Gasteiger partial charge in [-0.1, -0.05) is 5.67 Å². The third-order valence-corrected chi connectivity index (χ3v) is 2.97. The van der Waals surface area contributed by atoms with Gasteiger partial charge in [0.1, 0.15) is 5.91 Å². The fourth-order valence-electron chi connectivity index (χ4n) is 0.418. The van der Waals surface area contributed by atoms with Crippen LogP contribution >= 0.6 is 0 Å². The van der Waals surface area contributed by atoms with E-state index in [-0.39, 0.29) is 0 Å². The molecule has 0 aromatic carbocycles. The van der Waals surface area contributed by atoms with Crippen molar-refractivity contribution >= 4 is 20.0 Å². The van der Waals surface area contributed by atoms with Gasteiger partial charge in [0, 0.05) is 0 Å². The molecule has 1 nitrogen and oxygen atoms in total. The molecule has 0 saturated heterocycles. The molecule has 1 heterocycles. The summed E-state index contributed by atoms with van der Waals surface area (Å²) < 4.78 is 0. The average Bonchev–Trinajstić information content (AvgIpc) is 1.31. The monoisotopic (exact) mass is 98.0 g/mol. The van der Waals surface area contributed by atoms with Crippen molar-refractivity contribution in [2.45, 2.75) is 12.5 Å². The molecule has 0 fully saturated rings. The minimum absolute atomic E-state index is 0.493. The Morgan fingerprint density at radius 1 is 1.83 bits per heavy atom. The third kappa shape index (κ3) is 0.475. The highest BCUT2D eigenvalue weighted by molar-refractivity contribution is 6.91. The quantitative estimate of drug-likeness (QED) is 0.334. The second-order valence-corrected chi connectivity index (χ2v) is 3.73. The van der Waals surface area contributed by atoms with Crippen LogP contribution in [-0.2, 0) is 4.79 Å². The maximum atomic E-state index is 9.80. The van der Waals surface area contributed by atoms with Crippen LogP contribution in [0, 0.1) is 0 Å². The molecule has 0 aliphatic carbocycles. The molecule has 1 rings (SSSR count). The van der Waals surface area contributed by atoms with Crippen LogP contribution < -0.4 is 0 Å². The van der Waals surface area contributed by atoms with E-state index in [0.29, 0.717) is 0 Å². The number of hydrogen-bond acceptors (Lipinski definition) is 1. The Morgan fingerprint density at radius 2 is 2.50 bits per heavy atom. The zero-order chi connectivity index (χ0) is 4.41. The second-order valence-electron chi connectivity index (χ2n) is 1.44. The molecule has 0 saturated carbocycles. The Hall–Kier alpha value is -0.243. The molecule has 2 heteroatoms. The van der Waals surface area contributed by atoms with E-state index >= 15 is 0 Å². The van der Waals surface area contributed by atoms with Gasteiger partial charge < -0.3 is 4.79 Å². The van der Waals surface area contributed by atoms with Crippen LogP contribution in [0.1, 0.15) is 6.42 Å². The lowest BCUT2D eigenvalue weighted by Crippen LogP contribution is -2.15. The first kappa shape index (κ1) is 3.93. The van der Waals surface area contributed by atoms with Crippen LogP contribution in [0.3, 0.4) is 0 Å². The molecule has 0 spiro atoms. The molecule has 0 N–H and O–H groups in total.